The fourth-order valence-corrected chi connectivity index (χ4v) is 2.84. The average molecular weight is 301 g/mol. The minimum absolute atomic E-state index is 0.225. The molecule has 2 aromatic rings. The SMILES string of the molecule is COc1ncccc1C(=O)[C@@H](C#N)c1nc(C(C)C)cs1. The Bertz CT molecular complexity index is 688. The monoisotopic (exact) mass is 301 g/mol. The molecule has 0 aliphatic heterocycles. The lowest BCUT2D eigenvalue weighted by Gasteiger charge is -2.08. The number of carbonyl (C=O) groups is 1. The molecule has 0 saturated carbocycles. The smallest absolute Gasteiger partial charge is 0.224 e. The lowest BCUT2D eigenvalue weighted by Crippen LogP contribution is -2.13. The first-order chi connectivity index (χ1) is 10.1. The number of ether oxygens (including phenoxy) is 1. The molecule has 0 aromatic carbocycles. The minimum Gasteiger partial charge on any atom is -0.480 e. The van der Waals surface area contributed by atoms with Gasteiger partial charge in [-0.2, -0.15) is 5.26 Å². The van der Waals surface area contributed by atoms with E-state index in [1.807, 2.05) is 25.3 Å². The molecule has 0 spiro atoms. The number of rotatable bonds is 5. The summed E-state index contributed by atoms with van der Waals surface area (Å²) in [4.78, 5) is 20.9. The lowest BCUT2D eigenvalue weighted by atomic mass is 10.0. The standard InChI is InChI=1S/C15H15N3O2S/c1-9(2)12-8-21-15(18-12)11(7-16)13(19)10-5-4-6-17-14(10)20-3/h4-6,8-9,11H,1-3H3/t11-/m1/s1. The topological polar surface area (TPSA) is 75.9 Å². The maximum atomic E-state index is 12.6. The molecule has 0 aliphatic rings. The van der Waals surface area contributed by atoms with Crippen LogP contribution in [-0.4, -0.2) is 22.9 Å². The van der Waals surface area contributed by atoms with E-state index in [9.17, 15) is 10.1 Å². The molecule has 0 amide bonds. The molecule has 108 valence electrons. The Labute approximate surface area is 127 Å². The zero-order chi connectivity index (χ0) is 15.4. The number of carbonyl (C=O) groups excluding carboxylic acids is 1. The van der Waals surface area contributed by atoms with Gasteiger partial charge < -0.3 is 4.74 Å². The van der Waals surface area contributed by atoms with E-state index < -0.39 is 5.92 Å². The summed E-state index contributed by atoms with van der Waals surface area (Å²) in [5.74, 6) is -0.784. The minimum atomic E-state index is -0.930. The molecular weight excluding hydrogens is 286 g/mol. The Kier molecular flexibility index (Phi) is 4.66. The van der Waals surface area contributed by atoms with Crippen molar-refractivity contribution in [2.24, 2.45) is 0 Å². The van der Waals surface area contributed by atoms with Crippen LogP contribution in [0.5, 0.6) is 5.88 Å². The van der Waals surface area contributed by atoms with Crippen molar-refractivity contribution in [1.29, 1.82) is 5.26 Å². The number of aromatic nitrogens is 2. The maximum Gasteiger partial charge on any atom is 0.224 e. The highest BCUT2D eigenvalue weighted by Gasteiger charge is 2.27. The van der Waals surface area contributed by atoms with Gasteiger partial charge in [-0.05, 0) is 18.1 Å². The fraction of sp³-hybridized carbons (Fsp3) is 0.333. The van der Waals surface area contributed by atoms with Crippen molar-refractivity contribution < 1.29 is 9.53 Å². The average Bonchev–Trinajstić information content (AvgIpc) is 2.97. The van der Waals surface area contributed by atoms with Gasteiger partial charge in [0.25, 0.3) is 0 Å². The van der Waals surface area contributed by atoms with Crippen LogP contribution in [0.4, 0.5) is 0 Å². The summed E-state index contributed by atoms with van der Waals surface area (Å²) in [5.41, 5.74) is 1.19. The molecule has 2 aromatic heterocycles. The van der Waals surface area contributed by atoms with Crippen LogP contribution in [0.2, 0.25) is 0 Å². The van der Waals surface area contributed by atoms with Gasteiger partial charge >= 0.3 is 0 Å². The number of hydrogen-bond donors (Lipinski definition) is 0. The number of nitriles is 1. The van der Waals surface area contributed by atoms with Crippen molar-refractivity contribution in [3.05, 3.63) is 40.0 Å². The molecule has 2 rings (SSSR count). The molecule has 0 bridgehead atoms. The van der Waals surface area contributed by atoms with Gasteiger partial charge in [0, 0.05) is 11.6 Å². The van der Waals surface area contributed by atoms with Gasteiger partial charge in [-0.15, -0.1) is 11.3 Å². The van der Waals surface area contributed by atoms with Gasteiger partial charge in [-0.25, -0.2) is 9.97 Å². The first-order valence-corrected chi connectivity index (χ1v) is 7.34. The number of pyridine rings is 1. The first-order valence-electron chi connectivity index (χ1n) is 6.46. The molecule has 2 heterocycles. The first kappa shape index (κ1) is 15.1. The largest absolute Gasteiger partial charge is 0.480 e. The quantitative estimate of drug-likeness (QED) is 0.793. The Hall–Kier alpha value is -2.26. The van der Waals surface area contributed by atoms with E-state index in [-0.39, 0.29) is 17.6 Å². The Morgan fingerprint density at radius 3 is 2.81 bits per heavy atom. The van der Waals surface area contributed by atoms with Gasteiger partial charge in [0.15, 0.2) is 11.7 Å². The van der Waals surface area contributed by atoms with Crippen molar-refractivity contribution in [1.82, 2.24) is 9.97 Å². The van der Waals surface area contributed by atoms with Crippen LogP contribution < -0.4 is 4.74 Å². The summed E-state index contributed by atoms with van der Waals surface area (Å²) in [6.07, 6.45) is 1.54. The summed E-state index contributed by atoms with van der Waals surface area (Å²) >= 11 is 1.33. The Balaban J connectivity index is 2.37. The van der Waals surface area contributed by atoms with E-state index in [4.69, 9.17) is 4.74 Å². The number of nitrogens with zero attached hydrogens (tertiary/aromatic N) is 3. The highest BCUT2D eigenvalue weighted by atomic mass is 32.1. The van der Waals surface area contributed by atoms with Gasteiger partial charge in [0.1, 0.15) is 5.01 Å². The van der Waals surface area contributed by atoms with E-state index in [0.29, 0.717) is 10.6 Å². The summed E-state index contributed by atoms with van der Waals surface area (Å²) in [7, 11) is 1.45. The summed E-state index contributed by atoms with van der Waals surface area (Å²) in [5, 5.41) is 11.8. The number of Topliss-reactive ketones (excluding diaryl/α,β-unsaturated/α-hetero) is 1. The highest BCUT2D eigenvalue weighted by molar-refractivity contribution is 7.10. The molecule has 0 N–H and O–H groups in total. The molecule has 0 fully saturated rings. The van der Waals surface area contributed by atoms with Crippen molar-refractivity contribution in [2.75, 3.05) is 7.11 Å². The summed E-state index contributed by atoms with van der Waals surface area (Å²) < 4.78 is 5.08. The van der Waals surface area contributed by atoms with Crippen molar-refractivity contribution in [3.8, 4) is 11.9 Å². The second-order valence-electron chi connectivity index (χ2n) is 4.75. The summed E-state index contributed by atoms with van der Waals surface area (Å²) in [6, 6.07) is 5.29. The molecule has 5 nitrogen and oxygen atoms in total. The Morgan fingerprint density at radius 1 is 1.48 bits per heavy atom. The van der Waals surface area contributed by atoms with Crippen LogP contribution in [0.25, 0.3) is 0 Å². The number of hydrogen-bond acceptors (Lipinski definition) is 6. The third kappa shape index (κ3) is 3.09. The van der Waals surface area contributed by atoms with E-state index in [1.54, 1.807) is 12.1 Å². The zero-order valence-electron chi connectivity index (χ0n) is 12.0. The normalized spacial score (nSPS) is 12.0. The van der Waals surface area contributed by atoms with Crippen molar-refractivity contribution >= 4 is 17.1 Å². The molecular formula is C15H15N3O2S. The van der Waals surface area contributed by atoms with Crippen LogP contribution in [0.15, 0.2) is 23.7 Å². The van der Waals surface area contributed by atoms with Crippen molar-refractivity contribution in [2.45, 2.75) is 25.7 Å². The van der Waals surface area contributed by atoms with Crippen molar-refractivity contribution in [3.63, 3.8) is 0 Å². The highest BCUT2D eigenvalue weighted by Crippen LogP contribution is 2.28. The molecule has 0 unspecified atom stereocenters. The van der Waals surface area contributed by atoms with Gasteiger partial charge in [0.05, 0.1) is 24.4 Å². The second-order valence-corrected chi connectivity index (χ2v) is 5.64. The van der Waals surface area contributed by atoms with Crippen LogP contribution in [0.3, 0.4) is 0 Å². The van der Waals surface area contributed by atoms with E-state index in [1.165, 1.54) is 24.6 Å². The van der Waals surface area contributed by atoms with Crippen LogP contribution >= 0.6 is 11.3 Å². The third-order valence-electron chi connectivity index (χ3n) is 3.00. The lowest BCUT2D eigenvalue weighted by molar-refractivity contribution is 0.0975. The molecule has 0 radical (unpaired) electrons. The predicted octanol–water partition coefficient (Wildman–Crippen LogP) is 3.16. The molecule has 0 aliphatic carbocycles. The van der Waals surface area contributed by atoms with Crippen LogP contribution in [-0.2, 0) is 0 Å². The molecule has 1 atom stereocenters. The number of ketones is 1. The maximum absolute atomic E-state index is 12.6. The van der Waals surface area contributed by atoms with Crippen LogP contribution in [0, 0.1) is 11.3 Å². The van der Waals surface area contributed by atoms with E-state index in [2.05, 4.69) is 9.97 Å². The van der Waals surface area contributed by atoms with Gasteiger partial charge in [0.2, 0.25) is 5.88 Å². The molecule has 6 heteroatoms. The number of methoxy groups -OCH3 is 1. The van der Waals surface area contributed by atoms with Gasteiger partial charge in [-0.1, -0.05) is 13.8 Å². The van der Waals surface area contributed by atoms with E-state index in [0.717, 1.165) is 5.69 Å². The molecule has 0 saturated heterocycles. The van der Waals surface area contributed by atoms with Gasteiger partial charge in [-0.3, -0.25) is 4.79 Å². The zero-order valence-corrected chi connectivity index (χ0v) is 12.8. The Morgan fingerprint density at radius 2 is 2.24 bits per heavy atom. The molecule has 21 heavy (non-hydrogen) atoms. The number of thiazole rings is 1. The third-order valence-corrected chi connectivity index (χ3v) is 3.93. The second kappa shape index (κ2) is 6.46. The fourth-order valence-electron chi connectivity index (χ4n) is 1.82. The van der Waals surface area contributed by atoms with Crippen LogP contribution in [0.1, 0.15) is 46.7 Å². The summed E-state index contributed by atoms with van der Waals surface area (Å²) in [6.45, 7) is 4.04. The predicted molar refractivity (Wildman–Crippen MR) is 79.7 cm³/mol. The van der Waals surface area contributed by atoms with E-state index >= 15 is 0 Å².